The van der Waals surface area contributed by atoms with Crippen molar-refractivity contribution in [1.29, 1.82) is 0 Å². The predicted octanol–water partition coefficient (Wildman–Crippen LogP) is 3.58. The van der Waals surface area contributed by atoms with Crippen LogP contribution in [0.4, 0.5) is 4.39 Å². The molecule has 1 N–H and O–H groups in total. The van der Waals surface area contributed by atoms with E-state index < -0.39 is 0 Å². The van der Waals surface area contributed by atoms with Crippen LogP contribution >= 0.6 is 0 Å². The number of rotatable bonds is 3. The molecule has 0 radical (unpaired) electrons. The average Bonchev–Trinajstić information content (AvgIpc) is 2.40. The molecule has 1 atom stereocenters. The Hall–Kier alpha value is -1.38. The summed E-state index contributed by atoms with van der Waals surface area (Å²) in [4.78, 5) is 12.1. The van der Waals surface area contributed by atoms with Crippen LogP contribution in [0.15, 0.2) is 24.3 Å². The van der Waals surface area contributed by atoms with Crippen LogP contribution in [0.2, 0.25) is 0 Å². The molecule has 98 valence electrons. The second-order valence-corrected chi connectivity index (χ2v) is 5.09. The fraction of sp³-hybridized carbons (Fsp3) is 0.533. The molecule has 1 unspecified atom stereocenters. The number of carbonyl (C=O) groups is 1. The van der Waals surface area contributed by atoms with Gasteiger partial charge in [-0.05, 0) is 25.8 Å². The topological polar surface area (TPSA) is 29.1 Å². The molecule has 2 nitrogen and oxygen atoms in total. The first-order valence-electron chi connectivity index (χ1n) is 6.73. The van der Waals surface area contributed by atoms with Gasteiger partial charge in [0, 0.05) is 11.5 Å². The third-order valence-electron chi connectivity index (χ3n) is 3.71. The van der Waals surface area contributed by atoms with Gasteiger partial charge >= 0.3 is 0 Å². The molecule has 0 aromatic heterocycles. The van der Waals surface area contributed by atoms with Crippen LogP contribution in [-0.4, -0.2) is 5.91 Å². The van der Waals surface area contributed by atoms with E-state index in [1.165, 1.54) is 12.5 Å². The number of halogens is 1. The molecule has 0 saturated heterocycles. The van der Waals surface area contributed by atoms with Crippen molar-refractivity contribution in [2.24, 2.45) is 5.92 Å². The molecule has 0 bridgehead atoms. The van der Waals surface area contributed by atoms with Crippen LogP contribution in [0.5, 0.6) is 0 Å². The first kappa shape index (κ1) is 13.1. The molecule has 0 heterocycles. The minimum Gasteiger partial charge on any atom is -0.349 e. The van der Waals surface area contributed by atoms with Crippen molar-refractivity contribution in [1.82, 2.24) is 5.32 Å². The lowest BCUT2D eigenvalue weighted by atomic mass is 9.88. The van der Waals surface area contributed by atoms with Gasteiger partial charge in [0.05, 0.1) is 6.04 Å². The molecule has 0 aliphatic heterocycles. The highest BCUT2D eigenvalue weighted by Crippen LogP contribution is 2.25. The van der Waals surface area contributed by atoms with E-state index in [1.807, 2.05) is 6.92 Å². The van der Waals surface area contributed by atoms with Gasteiger partial charge in [0.1, 0.15) is 5.82 Å². The number of benzene rings is 1. The summed E-state index contributed by atoms with van der Waals surface area (Å²) in [5.41, 5.74) is 0.557. The molecule has 18 heavy (non-hydrogen) atoms. The summed E-state index contributed by atoms with van der Waals surface area (Å²) in [6.07, 6.45) is 5.43. The van der Waals surface area contributed by atoms with E-state index in [-0.39, 0.29) is 23.7 Å². The summed E-state index contributed by atoms with van der Waals surface area (Å²) in [6.45, 7) is 1.83. The zero-order valence-corrected chi connectivity index (χ0v) is 10.8. The summed E-state index contributed by atoms with van der Waals surface area (Å²) >= 11 is 0. The Morgan fingerprint density at radius 3 is 2.61 bits per heavy atom. The Labute approximate surface area is 108 Å². The van der Waals surface area contributed by atoms with Crippen LogP contribution < -0.4 is 5.32 Å². The van der Waals surface area contributed by atoms with Crippen molar-refractivity contribution in [3.63, 3.8) is 0 Å². The van der Waals surface area contributed by atoms with Crippen molar-refractivity contribution in [3.8, 4) is 0 Å². The average molecular weight is 249 g/mol. The van der Waals surface area contributed by atoms with Crippen LogP contribution in [-0.2, 0) is 4.79 Å². The summed E-state index contributed by atoms with van der Waals surface area (Å²) in [6, 6.07) is 6.34. The fourth-order valence-electron chi connectivity index (χ4n) is 2.60. The van der Waals surface area contributed by atoms with Gasteiger partial charge in [-0.15, -0.1) is 0 Å². The minimum absolute atomic E-state index is 0.0745. The lowest BCUT2D eigenvalue weighted by Crippen LogP contribution is -2.34. The standard InChI is InChI=1S/C15H20FNO/c1-11(13-9-5-6-10-14(13)16)17-15(18)12-7-3-2-4-8-12/h5-6,9-12H,2-4,7-8H2,1H3,(H,17,18). The lowest BCUT2D eigenvalue weighted by Gasteiger charge is -2.23. The SMILES string of the molecule is CC(NC(=O)C1CCCCC1)c1ccccc1F. The summed E-state index contributed by atoms with van der Waals surface area (Å²) in [7, 11) is 0. The number of hydrogen-bond donors (Lipinski definition) is 1. The molecule has 1 aromatic rings. The third kappa shape index (κ3) is 3.09. The number of nitrogens with one attached hydrogen (secondary N) is 1. The molecular weight excluding hydrogens is 229 g/mol. The van der Waals surface area contributed by atoms with Crippen LogP contribution in [0, 0.1) is 11.7 Å². The molecule has 3 heteroatoms. The molecule has 1 aromatic carbocycles. The van der Waals surface area contributed by atoms with E-state index >= 15 is 0 Å². The largest absolute Gasteiger partial charge is 0.349 e. The quantitative estimate of drug-likeness (QED) is 0.871. The first-order chi connectivity index (χ1) is 8.68. The summed E-state index contributed by atoms with van der Waals surface area (Å²) in [5, 5.41) is 2.93. The third-order valence-corrected chi connectivity index (χ3v) is 3.71. The van der Waals surface area contributed by atoms with E-state index in [4.69, 9.17) is 0 Å². The van der Waals surface area contributed by atoms with E-state index in [1.54, 1.807) is 18.2 Å². The number of amides is 1. The van der Waals surface area contributed by atoms with Gasteiger partial charge in [-0.3, -0.25) is 4.79 Å². The maximum atomic E-state index is 13.6. The highest BCUT2D eigenvalue weighted by atomic mass is 19.1. The molecule has 1 fully saturated rings. The minimum atomic E-state index is -0.263. The van der Waals surface area contributed by atoms with Gasteiger partial charge in [0.15, 0.2) is 0 Å². The second-order valence-electron chi connectivity index (χ2n) is 5.09. The summed E-state index contributed by atoms with van der Waals surface area (Å²) < 4.78 is 13.6. The second kappa shape index (κ2) is 5.98. The molecule has 1 aliphatic rings. The van der Waals surface area contributed by atoms with Gasteiger partial charge < -0.3 is 5.32 Å². The predicted molar refractivity (Wildman–Crippen MR) is 69.5 cm³/mol. The van der Waals surface area contributed by atoms with Crippen molar-refractivity contribution in [3.05, 3.63) is 35.6 Å². The van der Waals surface area contributed by atoms with Crippen molar-refractivity contribution < 1.29 is 9.18 Å². The van der Waals surface area contributed by atoms with E-state index in [9.17, 15) is 9.18 Å². The van der Waals surface area contributed by atoms with Crippen LogP contribution in [0.25, 0.3) is 0 Å². The molecule has 2 rings (SSSR count). The smallest absolute Gasteiger partial charge is 0.223 e. The number of hydrogen-bond acceptors (Lipinski definition) is 1. The molecule has 1 aliphatic carbocycles. The highest BCUT2D eigenvalue weighted by molar-refractivity contribution is 5.79. The van der Waals surface area contributed by atoms with Gasteiger partial charge in [-0.1, -0.05) is 37.5 Å². The molecule has 1 saturated carbocycles. The zero-order valence-electron chi connectivity index (χ0n) is 10.8. The molecular formula is C15H20FNO. The Morgan fingerprint density at radius 1 is 1.28 bits per heavy atom. The first-order valence-corrected chi connectivity index (χ1v) is 6.73. The highest BCUT2D eigenvalue weighted by Gasteiger charge is 2.23. The van der Waals surface area contributed by atoms with E-state index in [0.29, 0.717) is 5.56 Å². The van der Waals surface area contributed by atoms with E-state index in [2.05, 4.69) is 5.32 Å². The van der Waals surface area contributed by atoms with Gasteiger partial charge in [0.25, 0.3) is 0 Å². The Kier molecular flexibility index (Phi) is 4.34. The Morgan fingerprint density at radius 2 is 1.94 bits per heavy atom. The monoisotopic (exact) mass is 249 g/mol. The summed E-state index contributed by atoms with van der Waals surface area (Å²) in [5.74, 6) is -0.0626. The molecule has 1 amide bonds. The maximum Gasteiger partial charge on any atom is 0.223 e. The van der Waals surface area contributed by atoms with Crippen molar-refractivity contribution in [2.45, 2.75) is 45.1 Å². The lowest BCUT2D eigenvalue weighted by molar-refractivity contribution is -0.126. The van der Waals surface area contributed by atoms with Gasteiger partial charge in [-0.2, -0.15) is 0 Å². The maximum absolute atomic E-state index is 13.6. The van der Waals surface area contributed by atoms with E-state index in [0.717, 1.165) is 25.7 Å². The number of carbonyl (C=O) groups excluding carboxylic acids is 1. The van der Waals surface area contributed by atoms with Gasteiger partial charge in [-0.25, -0.2) is 4.39 Å². The Balaban J connectivity index is 1.96. The van der Waals surface area contributed by atoms with Crippen molar-refractivity contribution >= 4 is 5.91 Å². The molecule has 0 spiro atoms. The Bertz CT molecular complexity index is 413. The van der Waals surface area contributed by atoms with Crippen LogP contribution in [0.3, 0.4) is 0 Å². The fourth-order valence-corrected chi connectivity index (χ4v) is 2.60. The van der Waals surface area contributed by atoms with Crippen molar-refractivity contribution in [2.75, 3.05) is 0 Å². The van der Waals surface area contributed by atoms with Gasteiger partial charge in [0.2, 0.25) is 5.91 Å². The normalized spacial score (nSPS) is 18.3. The zero-order chi connectivity index (χ0) is 13.0. The van der Waals surface area contributed by atoms with Crippen LogP contribution in [0.1, 0.15) is 50.6 Å².